The zero-order valence-corrected chi connectivity index (χ0v) is 6.44. The van der Waals surface area contributed by atoms with Crippen LogP contribution in [0.4, 0.5) is 0 Å². The average Bonchev–Trinajstić information content (AvgIpc) is 2.13. The Hall–Kier alpha value is -0.160. The highest BCUT2D eigenvalue weighted by molar-refractivity contribution is 5.00. The van der Waals surface area contributed by atoms with Crippen LogP contribution in [0.5, 0.6) is 0 Å². The predicted octanol–water partition coefficient (Wildman–Crippen LogP) is -1.53. The fourth-order valence-electron chi connectivity index (χ4n) is 1.55. The maximum atomic E-state index is 9.52. The van der Waals surface area contributed by atoms with E-state index >= 15 is 0 Å². The van der Waals surface area contributed by atoms with Crippen molar-refractivity contribution in [2.45, 2.75) is 31.2 Å². The summed E-state index contributed by atoms with van der Waals surface area (Å²) < 4.78 is 0. The Bertz CT molecular complexity index is 145. The van der Waals surface area contributed by atoms with Crippen LogP contribution < -0.4 is 0 Å². The molecule has 0 amide bonds. The van der Waals surface area contributed by atoms with E-state index in [9.17, 15) is 10.2 Å². The fraction of sp³-hybridized carbons (Fsp3) is 1.00. The summed E-state index contributed by atoms with van der Waals surface area (Å²) in [5, 5.41) is 36.6. The van der Waals surface area contributed by atoms with Crippen LogP contribution in [-0.2, 0) is 0 Å². The Kier molecular flexibility index (Phi) is 2.20. The van der Waals surface area contributed by atoms with E-state index in [2.05, 4.69) is 0 Å². The molecule has 0 aromatic heterocycles. The number of hydrogen-bond donors (Lipinski definition) is 4. The monoisotopic (exact) mass is 162 g/mol. The fourth-order valence-corrected chi connectivity index (χ4v) is 1.55. The van der Waals surface area contributed by atoms with Crippen LogP contribution in [0.2, 0.25) is 0 Å². The van der Waals surface area contributed by atoms with E-state index < -0.39 is 23.7 Å². The third kappa shape index (κ3) is 1.27. The SMILES string of the molecule is C[C@@]1(O)[C@@H](CO)C[C@@H](O)[C@@H]1O. The molecule has 4 nitrogen and oxygen atoms in total. The molecule has 0 aromatic rings. The number of aliphatic hydroxyl groups is 4. The molecule has 4 heteroatoms. The minimum Gasteiger partial charge on any atom is -0.396 e. The average molecular weight is 162 g/mol. The minimum absolute atomic E-state index is 0.207. The molecule has 0 saturated heterocycles. The van der Waals surface area contributed by atoms with Gasteiger partial charge in [-0.05, 0) is 13.3 Å². The second-order valence-electron chi connectivity index (χ2n) is 3.35. The largest absolute Gasteiger partial charge is 0.396 e. The molecule has 0 radical (unpaired) electrons. The molecule has 0 bridgehead atoms. The normalized spacial score (nSPS) is 51.5. The third-order valence-corrected chi connectivity index (χ3v) is 2.54. The Labute approximate surface area is 65.1 Å². The Morgan fingerprint density at radius 1 is 1.45 bits per heavy atom. The number of hydrogen-bond acceptors (Lipinski definition) is 4. The summed E-state index contributed by atoms with van der Waals surface area (Å²) in [6, 6.07) is 0. The molecule has 0 aromatic carbocycles. The van der Waals surface area contributed by atoms with E-state index in [0.29, 0.717) is 0 Å². The molecular formula is C7H14O4. The van der Waals surface area contributed by atoms with Crippen LogP contribution in [0.3, 0.4) is 0 Å². The molecule has 0 unspecified atom stereocenters. The summed E-state index contributed by atoms with van der Waals surface area (Å²) in [5.41, 5.74) is -1.35. The Balaban J connectivity index is 2.74. The molecule has 1 rings (SSSR count). The van der Waals surface area contributed by atoms with Gasteiger partial charge in [-0.1, -0.05) is 0 Å². The molecule has 4 atom stereocenters. The highest BCUT2D eigenvalue weighted by Gasteiger charge is 2.49. The van der Waals surface area contributed by atoms with Crippen molar-refractivity contribution in [3.8, 4) is 0 Å². The van der Waals surface area contributed by atoms with Gasteiger partial charge < -0.3 is 20.4 Å². The highest BCUT2D eigenvalue weighted by Crippen LogP contribution is 2.35. The first kappa shape index (κ1) is 8.93. The van der Waals surface area contributed by atoms with Crippen molar-refractivity contribution in [3.05, 3.63) is 0 Å². The van der Waals surface area contributed by atoms with Gasteiger partial charge in [0, 0.05) is 12.5 Å². The molecule has 4 N–H and O–H groups in total. The van der Waals surface area contributed by atoms with Crippen molar-refractivity contribution < 1.29 is 20.4 Å². The zero-order valence-electron chi connectivity index (χ0n) is 6.44. The smallest absolute Gasteiger partial charge is 0.109 e. The maximum absolute atomic E-state index is 9.52. The quantitative estimate of drug-likeness (QED) is 0.377. The summed E-state index contributed by atoms with van der Waals surface area (Å²) in [7, 11) is 0. The van der Waals surface area contributed by atoms with E-state index in [0.717, 1.165) is 0 Å². The first-order chi connectivity index (χ1) is 5.00. The summed E-state index contributed by atoms with van der Waals surface area (Å²) in [6.07, 6.45) is -1.80. The first-order valence-electron chi connectivity index (χ1n) is 3.69. The topological polar surface area (TPSA) is 80.9 Å². The Morgan fingerprint density at radius 3 is 2.18 bits per heavy atom. The van der Waals surface area contributed by atoms with E-state index in [-0.39, 0.29) is 13.0 Å². The lowest BCUT2D eigenvalue weighted by molar-refractivity contribution is -0.0977. The summed E-state index contributed by atoms with van der Waals surface area (Å²) in [4.78, 5) is 0. The molecule has 0 aliphatic heterocycles. The van der Waals surface area contributed by atoms with Crippen LogP contribution in [0.15, 0.2) is 0 Å². The standard InChI is InChI=1S/C7H14O4/c1-7(11)4(3-8)2-5(9)6(7)10/h4-6,8-11H,2-3H2,1H3/t4-,5-,6+,7-/m1/s1. The summed E-state index contributed by atoms with van der Waals surface area (Å²) in [6.45, 7) is 1.22. The highest BCUT2D eigenvalue weighted by atomic mass is 16.4. The van der Waals surface area contributed by atoms with Gasteiger partial charge in [-0.3, -0.25) is 0 Å². The molecule has 1 fully saturated rings. The molecule has 66 valence electrons. The second kappa shape index (κ2) is 2.71. The molecule has 1 aliphatic carbocycles. The molecule has 0 spiro atoms. The molecule has 1 saturated carbocycles. The van der Waals surface area contributed by atoms with Gasteiger partial charge in [0.05, 0.1) is 11.7 Å². The minimum atomic E-state index is -1.35. The number of aliphatic hydroxyl groups excluding tert-OH is 3. The molecular weight excluding hydrogens is 148 g/mol. The van der Waals surface area contributed by atoms with Gasteiger partial charge in [-0.2, -0.15) is 0 Å². The van der Waals surface area contributed by atoms with E-state index in [1.54, 1.807) is 0 Å². The van der Waals surface area contributed by atoms with Crippen molar-refractivity contribution in [1.29, 1.82) is 0 Å². The van der Waals surface area contributed by atoms with Gasteiger partial charge in [-0.15, -0.1) is 0 Å². The molecule has 1 aliphatic rings. The molecule has 11 heavy (non-hydrogen) atoms. The van der Waals surface area contributed by atoms with Crippen molar-refractivity contribution in [2.24, 2.45) is 5.92 Å². The first-order valence-corrected chi connectivity index (χ1v) is 3.69. The Morgan fingerprint density at radius 2 is 2.00 bits per heavy atom. The van der Waals surface area contributed by atoms with E-state index in [1.807, 2.05) is 0 Å². The second-order valence-corrected chi connectivity index (χ2v) is 3.35. The van der Waals surface area contributed by atoms with Crippen LogP contribution in [0.1, 0.15) is 13.3 Å². The van der Waals surface area contributed by atoms with Crippen LogP contribution in [0.25, 0.3) is 0 Å². The van der Waals surface area contributed by atoms with Gasteiger partial charge in [0.15, 0.2) is 0 Å². The van der Waals surface area contributed by atoms with Crippen LogP contribution in [0, 0.1) is 5.92 Å². The number of rotatable bonds is 1. The van der Waals surface area contributed by atoms with E-state index in [4.69, 9.17) is 10.2 Å². The van der Waals surface area contributed by atoms with Crippen molar-refractivity contribution in [3.63, 3.8) is 0 Å². The lowest BCUT2D eigenvalue weighted by Gasteiger charge is -2.27. The van der Waals surface area contributed by atoms with Gasteiger partial charge in [0.2, 0.25) is 0 Å². The van der Waals surface area contributed by atoms with Gasteiger partial charge in [-0.25, -0.2) is 0 Å². The lowest BCUT2D eigenvalue weighted by atomic mass is 9.92. The van der Waals surface area contributed by atoms with Crippen molar-refractivity contribution in [1.82, 2.24) is 0 Å². The van der Waals surface area contributed by atoms with Crippen molar-refractivity contribution in [2.75, 3.05) is 6.61 Å². The predicted molar refractivity (Wildman–Crippen MR) is 37.8 cm³/mol. The molecule has 0 heterocycles. The van der Waals surface area contributed by atoms with Gasteiger partial charge >= 0.3 is 0 Å². The third-order valence-electron chi connectivity index (χ3n) is 2.54. The van der Waals surface area contributed by atoms with Crippen molar-refractivity contribution >= 4 is 0 Å². The van der Waals surface area contributed by atoms with E-state index in [1.165, 1.54) is 6.92 Å². The van der Waals surface area contributed by atoms with Crippen LogP contribution >= 0.6 is 0 Å². The zero-order chi connectivity index (χ0) is 8.65. The van der Waals surface area contributed by atoms with Gasteiger partial charge in [0.25, 0.3) is 0 Å². The maximum Gasteiger partial charge on any atom is 0.109 e. The lowest BCUT2D eigenvalue weighted by Crippen LogP contribution is -2.43. The van der Waals surface area contributed by atoms with Crippen LogP contribution in [-0.4, -0.2) is 44.8 Å². The van der Waals surface area contributed by atoms with Gasteiger partial charge in [0.1, 0.15) is 6.10 Å². The summed E-state index contributed by atoms with van der Waals surface area (Å²) >= 11 is 0. The summed E-state index contributed by atoms with van der Waals surface area (Å²) in [5.74, 6) is -0.424.